The molecule has 2 heterocycles. The summed E-state index contributed by atoms with van der Waals surface area (Å²) >= 11 is 0. The van der Waals surface area contributed by atoms with Crippen LogP contribution >= 0.6 is 0 Å². The summed E-state index contributed by atoms with van der Waals surface area (Å²) in [6.07, 6.45) is 1.62. The lowest BCUT2D eigenvalue weighted by molar-refractivity contribution is 0.0844. The fourth-order valence-corrected chi connectivity index (χ4v) is 4.00. The van der Waals surface area contributed by atoms with Gasteiger partial charge in [-0.2, -0.15) is 10.2 Å². The van der Waals surface area contributed by atoms with E-state index in [1.807, 2.05) is 61.5 Å². The zero-order chi connectivity index (χ0) is 25.2. The van der Waals surface area contributed by atoms with Crippen molar-refractivity contribution < 1.29 is 9.59 Å². The van der Waals surface area contributed by atoms with Crippen molar-refractivity contribution in [3.05, 3.63) is 112 Å². The lowest BCUT2D eigenvalue weighted by Crippen LogP contribution is -2.42. The lowest BCUT2D eigenvalue weighted by Gasteiger charge is -2.10. The molecule has 2 N–H and O–H groups in total. The highest BCUT2D eigenvalue weighted by Gasteiger charge is 2.22. The van der Waals surface area contributed by atoms with Crippen LogP contribution in [0.25, 0.3) is 27.7 Å². The van der Waals surface area contributed by atoms with Gasteiger partial charge in [-0.1, -0.05) is 60.7 Å². The van der Waals surface area contributed by atoms with Gasteiger partial charge >= 0.3 is 0 Å². The number of hydrogen-bond acceptors (Lipinski definition) is 5. The number of nitrogens with zero attached hydrogens (tertiary/aromatic N) is 4. The number of fused-ring (bicyclic) bond motifs is 1. The van der Waals surface area contributed by atoms with Gasteiger partial charge in [0, 0.05) is 24.2 Å². The molecule has 0 fully saturated rings. The molecule has 2 amide bonds. The Morgan fingerprint density at radius 2 is 1.42 bits per heavy atom. The summed E-state index contributed by atoms with van der Waals surface area (Å²) in [5.41, 5.74) is 7.91. The molecule has 0 saturated carbocycles. The third-order valence-corrected chi connectivity index (χ3v) is 5.84. The van der Waals surface area contributed by atoms with E-state index in [0.29, 0.717) is 16.5 Å². The minimum atomic E-state index is -0.650. The molecule has 0 aliphatic rings. The molecule has 0 radical (unpaired) electrons. The van der Waals surface area contributed by atoms with Gasteiger partial charge in [-0.15, -0.1) is 0 Å². The summed E-state index contributed by atoms with van der Waals surface area (Å²) in [5, 5.41) is 9.52. The molecule has 0 unspecified atom stereocenters. The summed E-state index contributed by atoms with van der Waals surface area (Å²) in [6, 6.07) is 23.8. The highest BCUT2D eigenvalue weighted by molar-refractivity contribution is 6.06. The Morgan fingerprint density at radius 3 is 2.17 bits per heavy atom. The number of carbonyl (C=O) groups is 2. The molecule has 5 rings (SSSR count). The van der Waals surface area contributed by atoms with Crippen molar-refractivity contribution in [3.8, 4) is 16.9 Å². The Hall–Kier alpha value is -5.05. The SMILES string of the molecule is Cc1ccccc1-c1nn(-c2ccccc2)cc1C(=O)NNC(=O)c1nn(C)c(=O)c2ccccc12. The van der Waals surface area contributed by atoms with Crippen molar-refractivity contribution in [1.29, 1.82) is 0 Å². The van der Waals surface area contributed by atoms with E-state index in [4.69, 9.17) is 0 Å². The zero-order valence-electron chi connectivity index (χ0n) is 19.6. The van der Waals surface area contributed by atoms with Gasteiger partial charge in [0.05, 0.1) is 16.6 Å². The van der Waals surface area contributed by atoms with E-state index < -0.39 is 11.8 Å². The Kier molecular flexibility index (Phi) is 5.87. The van der Waals surface area contributed by atoms with E-state index in [-0.39, 0.29) is 16.8 Å². The van der Waals surface area contributed by atoms with E-state index >= 15 is 0 Å². The molecule has 9 nitrogen and oxygen atoms in total. The van der Waals surface area contributed by atoms with Crippen molar-refractivity contribution in [2.24, 2.45) is 7.05 Å². The molecule has 0 bridgehead atoms. The second-order valence-electron chi connectivity index (χ2n) is 8.22. The number of benzene rings is 3. The summed E-state index contributed by atoms with van der Waals surface area (Å²) in [4.78, 5) is 38.6. The first-order chi connectivity index (χ1) is 17.4. The van der Waals surface area contributed by atoms with Crippen LogP contribution in [-0.4, -0.2) is 31.4 Å². The van der Waals surface area contributed by atoms with E-state index in [1.54, 1.807) is 35.1 Å². The molecule has 0 spiro atoms. The average molecular weight is 479 g/mol. The molecular weight excluding hydrogens is 456 g/mol. The molecule has 9 heteroatoms. The third kappa shape index (κ3) is 4.14. The first kappa shape index (κ1) is 22.7. The van der Waals surface area contributed by atoms with Crippen LogP contribution in [0.2, 0.25) is 0 Å². The van der Waals surface area contributed by atoms with Gasteiger partial charge in [-0.3, -0.25) is 25.2 Å². The maximum Gasteiger partial charge on any atom is 0.290 e. The highest BCUT2D eigenvalue weighted by atomic mass is 16.2. The quantitative estimate of drug-likeness (QED) is 0.386. The number of nitrogens with one attached hydrogen (secondary N) is 2. The minimum absolute atomic E-state index is 0.0205. The minimum Gasteiger partial charge on any atom is -0.267 e. The van der Waals surface area contributed by atoms with E-state index in [2.05, 4.69) is 21.0 Å². The third-order valence-electron chi connectivity index (χ3n) is 5.84. The van der Waals surface area contributed by atoms with Gasteiger partial charge in [0.1, 0.15) is 5.69 Å². The molecule has 0 aliphatic carbocycles. The summed E-state index contributed by atoms with van der Waals surface area (Å²) in [7, 11) is 1.47. The van der Waals surface area contributed by atoms with Gasteiger partial charge in [-0.05, 0) is 30.7 Å². The molecular formula is C27H22N6O3. The highest BCUT2D eigenvalue weighted by Crippen LogP contribution is 2.26. The van der Waals surface area contributed by atoms with E-state index in [0.717, 1.165) is 21.5 Å². The number of hydrogen-bond donors (Lipinski definition) is 2. The fourth-order valence-electron chi connectivity index (χ4n) is 4.00. The van der Waals surface area contributed by atoms with Crippen molar-refractivity contribution in [1.82, 2.24) is 30.4 Å². The summed E-state index contributed by atoms with van der Waals surface area (Å²) in [5.74, 6) is -1.19. The molecule has 5 aromatic rings. The molecule has 36 heavy (non-hydrogen) atoms. The van der Waals surface area contributed by atoms with Gasteiger partial charge < -0.3 is 0 Å². The van der Waals surface area contributed by atoms with Gasteiger partial charge in [0.15, 0.2) is 5.69 Å². The lowest BCUT2D eigenvalue weighted by atomic mass is 10.0. The predicted molar refractivity (Wildman–Crippen MR) is 136 cm³/mol. The van der Waals surface area contributed by atoms with Crippen LogP contribution in [0.4, 0.5) is 0 Å². The normalized spacial score (nSPS) is 10.8. The number of carbonyl (C=O) groups excluding carboxylic acids is 2. The van der Waals surface area contributed by atoms with Crippen LogP contribution in [0.5, 0.6) is 0 Å². The van der Waals surface area contributed by atoms with E-state index in [1.165, 1.54) is 7.05 Å². The number of rotatable bonds is 4. The van der Waals surface area contributed by atoms with Crippen LogP contribution < -0.4 is 16.4 Å². The van der Waals surface area contributed by atoms with Crippen molar-refractivity contribution >= 4 is 22.6 Å². The monoisotopic (exact) mass is 478 g/mol. The number of hydrazine groups is 1. The molecule has 3 aromatic carbocycles. The van der Waals surface area contributed by atoms with Crippen molar-refractivity contribution in [2.45, 2.75) is 6.92 Å². The first-order valence-corrected chi connectivity index (χ1v) is 11.2. The van der Waals surface area contributed by atoms with Gasteiger partial charge in [-0.25, -0.2) is 9.36 Å². The Labute approximate surface area is 206 Å². The Morgan fingerprint density at radius 1 is 0.778 bits per heavy atom. The maximum atomic E-state index is 13.3. The van der Waals surface area contributed by atoms with Crippen LogP contribution in [0.3, 0.4) is 0 Å². The van der Waals surface area contributed by atoms with Crippen LogP contribution in [0.1, 0.15) is 26.4 Å². The second kappa shape index (κ2) is 9.30. The Balaban J connectivity index is 1.47. The summed E-state index contributed by atoms with van der Waals surface area (Å²) < 4.78 is 2.72. The maximum absolute atomic E-state index is 13.3. The Bertz CT molecular complexity index is 1670. The molecule has 0 atom stereocenters. The van der Waals surface area contributed by atoms with Gasteiger partial charge in [0.2, 0.25) is 0 Å². The second-order valence-corrected chi connectivity index (χ2v) is 8.22. The predicted octanol–water partition coefficient (Wildman–Crippen LogP) is 3.17. The molecule has 0 saturated heterocycles. The molecule has 178 valence electrons. The molecule has 0 aliphatic heterocycles. The van der Waals surface area contributed by atoms with E-state index in [9.17, 15) is 14.4 Å². The van der Waals surface area contributed by atoms with Crippen LogP contribution in [0, 0.1) is 6.92 Å². The standard InChI is InChI=1S/C27H22N6O3/c1-17-10-6-7-13-19(17)23-22(16-33(31-23)18-11-4-3-5-12-18)25(34)28-29-26(35)24-20-14-8-9-15-21(20)27(36)32(2)30-24/h3-16H,1-2H3,(H,28,34)(H,29,35). The largest absolute Gasteiger partial charge is 0.290 e. The van der Waals surface area contributed by atoms with Crippen LogP contribution in [0.15, 0.2) is 89.9 Å². The fraction of sp³-hybridized carbons (Fsp3) is 0.0741. The van der Waals surface area contributed by atoms with Gasteiger partial charge in [0.25, 0.3) is 17.4 Å². The summed E-state index contributed by atoms with van der Waals surface area (Å²) in [6.45, 7) is 1.94. The van der Waals surface area contributed by atoms with Crippen molar-refractivity contribution in [2.75, 3.05) is 0 Å². The first-order valence-electron chi connectivity index (χ1n) is 11.2. The molecule has 2 aromatic heterocycles. The van der Waals surface area contributed by atoms with Crippen LogP contribution in [-0.2, 0) is 7.05 Å². The number of para-hydroxylation sites is 1. The zero-order valence-corrected chi connectivity index (χ0v) is 19.6. The number of amides is 2. The smallest absolute Gasteiger partial charge is 0.267 e. The average Bonchev–Trinajstić information content (AvgIpc) is 3.35. The number of aryl methyl sites for hydroxylation is 2. The topological polar surface area (TPSA) is 111 Å². The van der Waals surface area contributed by atoms with Crippen molar-refractivity contribution in [3.63, 3.8) is 0 Å². The number of aromatic nitrogens is 4.